The van der Waals surface area contributed by atoms with E-state index < -0.39 is 0 Å². The van der Waals surface area contributed by atoms with E-state index >= 15 is 0 Å². The number of benzene rings is 7. The third kappa shape index (κ3) is 7.47. The van der Waals surface area contributed by atoms with Gasteiger partial charge in [0.2, 0.25) is 0 Å². The van der Waals surface area contributed by atoms with Crippen LogP contribution in [-0.2, 0) is 0 Å². The molecule has 3 heteroatoms. The number of rotatable bonds is 9. The number of anilines is 3. The Bertz CT molecular complexity index is 3210. The SMILES string of the molecule is Cc1ccccc1N(c1cccc(C2=CC(C3=CC(c4ccccc4)=NC(C4=CCCC=C4)C3)CC=C2)c1)c1cc(-c2cccc(-n3c4ccccc4c4ccccc43)c2)ccc1C. The third-order valence-corrected chi connectivity index (χ3v) is 13.3. The fraction of sp³-hybridized carbons (Fsp3) is 0.131. The van der Waals surface area contributed by atoms with Crippen molar-refractivity contribution in [2.24, 2.45) is 10.9 Å². The van der Waals surface area contributed by atoms with Gasteiger partial charge in [0, 0.05) is 39.4 Å². The lowest BCUT2D eigenvalue weighted by atomic mass is 9.80. The van der Waals surface area contributed by atoms with Crippen LogP contribution in [0.25, 0.3) is 44.2 Å². The summed E-state index contributed by atoms with van der Waals surface area (Å²) < 4.78 is 2.40. The maximum absolute atomic E-state index is 5.34. The van der Waals surface area contributed by atoms with E-state index in [1.165, 1.54) is 77.6 Å². The first-order valence-corrected chi connectivity index (χ1v) is 22.8. The molecule has 1 aliphatic heterocycles. The molecule has 0 saturated heterocycles. The normalized spacial score (nSPS) is 17.2. The van der Waals surface area contributed by atoms with Crippen LogP contribution in [0.1, 0.15) is 47.9 Å². The molecule has 0 saturated carbocycles. The van der Waals surface area contributed by atoms with Crippen LogP contribution >= 0.6 is 0 Å². The van der Waals surface area contributed by atoms with Crippen molar-refractivity contribution in [2.45, 2.75) is 45.6 Å². The average molecular weight is 826 g/mol. The lowest BCUT2D eigenvalue weighted by Crippen LogP contribution is -2.21. The maximum atomic E-state index is 5.34. The Morgan fingerprint density at radius 2 is 1.27 bits per heavy atom. The quantitative estimate of drug-likeness (QED) is 0.142. The van der Waals surface area contributed by atoms with Gasteiger partial charge in [0.1, 0.15) is 0 Å². The first-order valence-electron chi connectivity index (χ1n) is 22.8. The van der Waals surface area contributed by atoms with E-state index in [0.717, 1.165) is 48.5 Å². The van der Waals surface area contributed by atoms with Crippen LogP contribution in [-0.4, -0.2) is 16.3 Å². The van der Waals surface area contributed by atoms with Crippen molar-refractivity contribution in [3.63, 3.8) is 0 Å². The van der Waals surface area contributed by atoms with Crippen molar-refractivity contribution in [3.8, 4) is 16.8 Å². The monoisotopic (exact) mass is 825 g/mol. The summed E-state index contributed by atoms with van der Waals surface area (Å²) in [6, 6.07) is 62.1. The Morgan fingerprint density at radius 1 is 0.562 bits per heavy atom. The van der Waals surface area contributed by atoms with Gasteiger partial charge in [-0.2, -0.15) is 0 Å². The second kappa shape index (κ2) is 17.0. The second-order valence-corrected chi connectivity index (χ2v) is 17.5. The van der Waals surface area contributed by atoms with E-state index in [1.807, 2.05) is 0 Å². The topological polar surface area (TPSA) is 20.5 Å². The van der Waals surface area contributed by atoms with Crippen molar-refractivity contribution in [1.82, 2.24) is 4.57 Å². The first-order chi connectivity index (χ1) is 31.6. The molecule has 0 radical (unpaired) electrons. The Labute approximate surface area is 377 Å². The maximum Gasteiger partial charge on any atom is 0.0790 e. The molecule has 310 valence electrons. The smallest absolute Gasteiger partial charge is 0.0790 e. The van der Waals surface area contributed by atoms with Crippen LogP contribution in [0.5, 0.6) is 0 Å². The molecule has 7 aromatic carbocycles. The van der Waals surface area contributed by atoms with E-state index in [0.29, 0.717) is 5.92 Å². The van der Waals surface area contributed by atoms with Gasteiger partial charge in [-0.25, -0.2) is 0 Å². The van der Waals surface area contributed by atoms with Crippen molar-refractivity contribution in [2.75, 3.05) is 4.90 Å². The third-order valence-electron chi connectivity index (χ3n) is 13.3. The molecule has 64 heavy (non-hydrogen) atoms. The highest BCUT2D eigenvalue weighted by atomic mass is 15.1. The highest BCUT2D eigenvalue weighted by Crippen LogP contribution is 2.43. The van der Waals surface area contributed by atoms with Gasteiger partial charge in [0.25, 0.3) is 0 Å². The van der Waals surface area contributed by atoms with Crippen molar-refractivity contribution < 1.29 is 0 Å². The summed E-state index contributed by atoms with van der Waals surface area (Å²) in [4.78, 5) is 7.80. The van der Waals surface area contributed by atoms with Gasteiger partial charge in [0.05, 0.1) is 22.8 Å². The molecule has 2 heterocycles. The minimum Gasteiger partial charge on any atom is -0.310 e. The van der Waals surface area contributed by atoms with E-state index in [1.54, 1.807) is 0 Å². The predicted molar refractivity (Wildman–Crippen MR) is 272 cm³/mol. The van der Waals surface area contributed by atoms with Crippen LogP contribution in [0.15, 0.2) is 229 Å². The summed E-state index contributed by atoms with van der Waals surface area (Å²) in [6.45, 7) is 4.45. The van der Waals surface area contributed by atoms with Crippen LogP contribution in [0.4, 0.5) is 17.1 Å². The molecule has 1 aromatic heterocycles. The number of para-hydroxylation sites is 3. The van der Waals surface area contributed by atoms with E-state index in [4.69, 9.17) is 4.99 Å². The summed E-state index contributed by atoms with van der Waals surface area (Å²) in [6.07, 6.45) is 20.7. The molecular weight excluding hydrogens is 775 g/mol. The Morgan fingerprint density at radius 3 is 2.06 bits per heavy atom. The van der Waals surface area contributed by atoms with Crippen molar-refractivity contribution in [3.05, 3.63) is 246 Å². The number of allylic oxidation sites excluding steroid dienone is 7. The molecule has 2 atom stereocenters. The summed E-state index contributed by atoms with van der Waals surface area (Å²) in [5.74, 6) is 0.290. The molecule has 8 aromatic rings. The summed E-state index contributed by atoms with van der Waals surface area (Å²) in [5, 5.41) is 2.53. The average Bonchev–Trinajstić information content (AvgIpc) is 3.70. The number of aliphatic imine (C=N–C) groups is 1. The molecule has 3 aliphatic rings. The molecule has 0 amide bonds. The van der Waals surface area contributed by atoms with E-state index in [-0.39, 0.29) is 6.04 Å². The van der Waals surface area contributed by atoms with Crippen LogP contribution in [0, 0.1) is 19.8 Å². The number of fused-ring (bicyclic) bond motifs is 3. The molecule has 3 nitrogen and oxygen atoms in total. The largest absolute Gasteiger partial charge is 0.310 e. The second-order valence-electron chi connectivity index (χ2n) is 17.5. The molecule has 0 fully saturated rings. The van der Waals surface area contributed by atoms with Gasteiger partial charge in [0.15, 0.2) is 0 Å². The highest BCUT2D eigenvalue weighted by Gasteiger charge is 2.26. The number of hydrogen-bond donors (Lipinski definition) is 0. The number of dihydropyridines is 1. The van der Waals surface area contributed by atoms with Gasteiger partial charge >= 0.3 is 0 Å². The molecule has 2 unspecified atom stereocenters. The van der Waals surface area contributed by atoms with Gasteiger partial charge in [-0.3, -0.25) is 4.99 Å². The zero-order chi connectivity index (χ0) is 43.0. The fourth-order valence-corrected chi connectivity index (χ4v) is 10.0. The standard InChI is InChI=1S/C61H51N3/c1-42-18-9-12-31-58(42)63(61-41-50(35-34-43(61)2)49-26-17-28-53(38-49)64-59-32-13-10-29-54(59)55-30-11-14-33-60(55)64)52-27-16-25-48(37-52)46-23-15-24-47(36-46)51-39-56(44-19-5-3-6-20-44)62-57(40-51)45-21-7-4-8-22-45/h3,5-7,9-23,25-39,41,47,57H,4,8,24,40H2,1-2H3. The summed E-state index contributed by atoms with van der Waals surface area (Å²) >= 11 is 0. The zero-order valence-electron chi connectivity index (χ0n) is 36.5. The van der Waals surface area contributed by atoms with E-state index in [9.17, 15) is 0 Å². The molecular formula is C61H51N3. The molecule has 2 aliphatic carbocycles. The minimum atomic E-state index is 0.135. The van der Waals surface area contributed by atoms with Gasteiger partial charge in [-0.05, 0) is 139 Å². The lowest BCUT2D eigenvalue weighted by molar-refractivity contribution is 0.659. The number of aryl methyl sites for hydroxylation is 2. The van der Waals surface area contributed by atoms with Crippen molar-refractivity contribution >= 4 is 50.2 Å². The molecule has 11 rings (SSSR count). The number of nitrogens with zero attached hydrogens (tertiary/aromatic N) is 3. The Balaban J connectivity index is 0.967. The Hall–Kier alpha value is -7.49. The summed E-state index contributed by atoms with van der Waals surface area (Å²) in [5.41, 5.74) is 19.4. The van der Waals surface area contributed by atoms with Crippen molar-refractivity contribution in [1.29, 1.82) is 0 Å². The molecule has 0 spiro atoms. The number of aromatic nitrogens is 1. The zero-order valence-corrected chi connectivity index (χ0v) is 36.5. The minimum absolute atomic E-state index is 0.135. The fourth-order valence-electron chi connectivity index (χ4n) is 10.0. The van der Waals surface area contributed by atoms with E-state index in [2.05, 4.69) is 236 Å². The lowest BCUT2D eigenvalue weighted by Gasteiger charge is -2.30. The van der Waals surface area contributed by atoms with Gasteiger partial charge < -0.3 is 9.47 Å². The first kappa shape index (κ1) is 39.4. The molecule has 0 bridgehead atoms. The van der Waals surface area contributed by atoms with Gasteiger partial charge in [-0.1, -0.05) is 163 Å². The van der Waals surface area contributed by atoms with Gasteiger partial charge in [-0.15, -0.1) is 0 Å². The van der Waals surface area contributed by atoms with Crippen LogP contribution < -0.4 is 4.90 Å². The summed E-state index contributed by atoms with van der Waals surface area (Å²) in [7, 11) is 0. The Kier molecular flexibility index (Phi) is 10.5. The highest BCUT2D eigenvalue weighted by molar-refractivity contribution is 6.10. The molecule has 0 N–H and O–H groups in total. The predicted octanol–water partition coefficient (Wildman–Crippen LogP) is 16.0. The van der Waals surface area contributed by atoms with Crippen LogP contribution in [0.2, 0.25) is 0 Å². The van der Waals surface area contributed by atoms with Crippen LogP contribution in [0.3, 0.4) is 0 Å². The number of hydrogen-bond acceptors (Lipinski definition) is 2.